The molecule has 1 saturated heterocycles. The summed E-state index contributed by atoms with van der Waals surface area (Å²) in [4.78, 5) is 12.4. The van der Waals surface area contributed by atoms with E-state index in [4.69, 9.17) is 0 Å². The van der Waals surface area contributed by atoms with Crippen LogP contribution in [0.2, 0.25) is 0 Å². The normalized spacial score (nSPS) is 16.0. The average Bonchev–Trinajstić information content (AvgIpc) is 2.95. The number of rotatable bonds is 3. The van der Waals surface area contributed by atoms with Crippen LogP contribution in [0.4, 0.5) is 19.0 Å². The van der Waals surface area contributed by atoms with Crippen molar-refractivity contribution in [1.82, 2.24) is 15.1 Å². The molecule has 1 aliphatic heterocycles. The molecule has 0 atom stereocenters. The van der Waals surface area contributed by atoms with Gasteiger partial charge in [0.1, 0.15) is 5.82 Å². The maximum Gasteiger partial charge on any atom is 0.416 e. The van der Waals surface area contributed by atoms with Gasteiger partial charge < -0.3 is 10.6 Å². The van der Waals surface area contributed by atoms with E-state index < -0.39 is 11.7 Å². The van der Waals surface area contributed by atoms with E-state index in [1.165, 1.54) is 16.8 Å². The highest BCUT2D eigenvalue weighted by atomic mass is 19.4. The van der Waals surface area contributed by atoms with Gasteiger partial charge in [-0.1, -0.05) is 6.07 Å². The summed E-state index contributed by atoms with van der Waals surface area (Å²) in [6.45, 7) is 3.29. The van der Waals surface area contributed by atoms with Crippen LogP contribution in [-0.4, -0.2) is 28.8 Å². The summed E-state index contributed by atoms with van der Waals surface area (Å²) in [5.41, 5.74) is 0.107. The topological polar surface area (TPSA) is 59.0 Å². The van der Waals surface area contributed by atoms with Crippen molar-refractivity contribution in [2.75, 3.05) is 18.4 Å². The van der Waals surface area contributed by atoms with Gasteiger partial charge in [-0.05, 0) is 51.1 Å². The number of halogens is 3. The van der Waals surface area contributed by atoms with Crippen molar-refractivity contribution in [3.05, 3.63) is 41.6 Å². The molecule has 8 heteroatoms. The maximum absolute atomic E-state index is 12.9. The van der Waals surface area contributed by atoms with E-state index in [0.29, 0.717) is 11.5 Å². The van der Waals surface area contributed by atoms with Gasteiger partial charge in [0.15, 0.2) is 0 Å². The fourth-order valence-electron chi connectivity index (χ4n) is 2.91. The van der Waals surface area contributed by atoms with Gasteiger partial charge in [0.25, 0.3) is 0 Å². The highest BCUT2D eigenvalue weighted by molar-refractivity contribution is 5.92. The summed E-state index contributed by atoms with van der Waals surface area (Å²) in [5.74, 6) is 0.140. The van der Waals surface area contributed by atoms with Gasteiger partial charge in [0.2, 0.25) is 5.91 Å². The fraction of sp³-hybridized carbons (Fsp3) is 0.412. The van der Waals surface area contributed by atoms with E-state index in [1.54, 1.807) is 13.0 Å². The average molecular weight is 352 g/mol. The molecule has 1 aromatic carbocycles. The predicted octanol–water partition coefficient (Wildman–Crippen LogP) is 3.14. The molecule has 2 heterocycles. The minimum absolute atomic E-state index is 0.105. The van der Waals surface area contributed by atoms with Crippen LogP contribution in [0.25, 0.3) is 5.69 Å². The molecule has 2 N–H and O–H groups in total. The molecule has 0 unspecified atom stereocenters. The second-order valence-corrected chi connectivity index (χ2v) is 6.14. The Labute approximate surface area is 143 Å². The lowest BCUT2D eigenvalue weighted by molar-refractivity contribution is -0.137. The van der Waals surface area contributed by atoms with Crippen LogP contribution in [0.15, 0.2) is 30.3 Å². The minimum Gasteiger partial charge on any atom is -0.317 e. The van der Waals surface area contributed by atoms with Gasteiger partial charge >= 0.3 is 6.18 Å². The third-order valence-electron chi connectivity index (χ3n) is 4.21. The molecule has 1 fully saturated rings. The van der Waals surface area contributed by atoms with Gasteiger partial charge in [-0.15, -0.1) is 0 Å². The minimum atomic E-state index is -4.43. The lowest BCUT2D eigenvalue weighted by atomic mass is 9.97. The zero-order valence-corrected chi connectivity index (χ0v) is 13.7. The molecule has 134 valence electrons. The number of carbonyl (C=O) groups is 1. The van der Waals surface area contributed by atoms with E-state index in [-0.39, 0.29) is 17.5 Å². The number of aryl methyl sites for hydroxylation is 1. The second-order valence-electron chi connectivity index (χ2n) is 6.14. The summed E-state index contributed by atoms with van der Waals surface area (Å²) < 4.78 is 40.1. The predicted molar refractivity (Wildman–Crippen MR) is 87.5 cm³/mol. The number of hydrogen-bond donors (Lipinski definition) is 2. The number of aromatic nitrogens is 2. The first-order chi connectivity index (χ1) is 11.8. The molecule has 5 nitrogen and oxygen atoms in total. The van der Waals surface area contributed by atoms with Crippen LogP contribution in [0, 0.1) is 12.8 Å². The Morgan fingerprint density at radius 3 is 2.68 bits per heavy atom. The van der Waals surface area contributed by atoms with Crippen LogP contribution < -0.4 is 10.6 Å². The Morgan fingerprint density at radius 1 is 1.28 bits per heavy atom. The number of alkyl halides is 3. The highest BCUT2D eigenvalue weighted by Gasteiger charge is 2.31. The number of benzene rings is 1. The molecule has 1 amide bonds. The molecule has 0 bridgehead atoms. The first kappa shape index (κ1) is 17.5. The lowest BCUT2D eigenvalue weighted by Gasteiger charge is -2.22. The molecular weight excluding hydrogens is 333 g/mol. The van der Waals surface area contributed by atoms with Crippen molar-refractivity contribution >= 4 is 11.7 Å². The number of carbonyl (C=O) groups excluding carboxylic acids is 1. The van der Waals surface area contributed by atoms with Crippen LogP contribution in [0.3, 0.4) is 0 Å². The summed E-state index contributed by atoms with van der Waals surface area (Å²) in [7, 11) is 0. The third kappa shape index (κ3) is 4.01. The van der Waals surface area contributed by atoms with E-state index in [1.807, 2.05) is 0 Å². The molecule has 2 aromatic rings. The van der Waals surface area contributed by atoms with Gasteiger partial charge in [-0.25, -0.2) is 4.68 Å². The van der Waals surface area contributed by atoms with Gasteiger partial charge in [0.05, 0.1) is 16.9 Å². The first-order valence-electron chi connectivity index (χ1n) is 8.10. The first-order valence-corrected chi connectivity index (χ1v) is 8.10. The Kier molecular flexibility index (Phi) is 4.80. The number of nitrogens with one attached hydrogen (secondary N) is 2. The largest absolute Gasteiger partial charge is 0.416 e. The number of amides is 1. The molecule has 0 spiro atoms. The third-order valence-corrected chi connectivity index (χ3v) is 4.21. The van der Waals surface area contributed by atoms with Crippen molar-refractivity contribution in [3.8, 4) is 5.69 Å². The number of piperidine rings is 1. The summed E-state index contributed by atoms with van der Waals surface area (Å²) in [6, 6.07) is 6.54. The van der Waals surface area contributed by atoms with Crippen LogP contribution in [0.5, 0.6) is 0 Å². The molecule has 25 heavy (non-hydrogen) atoms. The van der Waals surface area contributed by atoms with Crippen molar-refractivity contribution in [2.45, 2.75) is 25.9 Å². The zero-order chi connectivity index (χ0) is 18.0. The Hall–Kier alpha value is -2.35. The number of anilines is 1. The fourth-order valence-corrected chi connectivity index (χ4v) is 2.91. The Morgan fingerprint density at radius 2 is 2.00 bits per heavy atom. The monoisotopic (exact) mass is 352 g/mol. The van der Waals surface area contributed by atoms with Crippen LogP contribution in [0.1, 0.15) is 24.1 Å². The van der Waals surface area contributed by atoms with E-state index in [2.05, 4.69) is 15.7 Å². The maximum atomic E-state index is 12.9. The smallest absolute Gasteiger partial charge is 0.317 e. The van der Waals surface area contributed by atoms with Crippen molar-refractivity contribution in [1.29, 1.82) is 0 Å². The van der Waals surface area contributed by atoms with Crippen LogP contribution >= 0.6 is 0 Å². The molecular formula is C17H19F3N4O. The molecule has 1 aromatic heterocycles. The van der Waals surface area contributed by atoms with E-state index in [0.717, 1.165) is 38.1 Å². The van der Waals surface area contributed by atoms with Gasteiger partial charge in [-0.3, -0.25) is 4.79 Å². The van der Waals surface area contributed by atoms with Crippen molar-refractivity contribution in [2.24, 2.45) is 5.92 Å². The summed E-state index contributed by atoms with van der Waals surface area (Å²) >= 11 is 0. The second kappa shape index (κ2) is 6.87. The molecule has 0 saturated carbocycles. The number of hydrogen-bond acceptors (Lipinski definition) is 3. The van der Waals surface area contributed by atoms with Gasteiger partial charge in [-0.2, -0.15) is 18.3 Å². The highest BCUT2D eigenvalue weighted by Crippen LogP contribution is 2.31. The Balaban J connectivity index is 1.87. The Bertz CT molecular complexity index is 763. The van der Waals surface area contributed by atoms with E-state index in [9.17, 15) is 18.0 Å². The summed E-state index contributed by atoms with van der Waals surface area (Å²) in [6.07, 6.45) is -2.96. The van der Waals surface area contributed by atoms with Crippen molar-refractivity contribution < 1.29 is 18.0 Å². The van der Waals surface area contributed by atoms with Crippen molar-refractivity contribution in [3.63, 3.8) is 0 Å². The van der Waals surface area contributed by atoms with Gasteiger partial charge in [0, 0.05) is 12.0 Å². The molecule has 1 aliphatic rings. The number of nitrogens with zero attached hydrogens (tertiary/aromatic N) is 2. The zero-order valence-electron chi connectivity index (χ0n) is 13.7. The molecule has 3 rings (SSSR count). The lowest BCUT2D eigenvalue weighted by Crippen LogP contribution is -2.35. The van der Waals surface area contributed by atoms with Crippen LogP contribution in [-0.2, 0) is 11.0 Å². The standard InChI is InChI=1S/C17H19F3N4O/c1-11-9-15(22-16(25)12-5-7-21-8-6-12)24(23-11)14-4-2-3-13(10-14)17(18,19)20/h2-4,9-10,12,21H,5-8H2,1H3,(H,22,25). The molecule has 0 aliphatic carbocycles. The van der Waals surface area contributed by atoms with E-state index >= 15 is 0 Å². The summed E-state index contributed by atoms with van der Waals surface area (Å²) in [5, 5.41) is 10.2. The SMILES string of the molecule is Cc1cc(NC(=O)C2CCNCC2)n(-c2cccc(C(F)(F)F)c2)n1. The molecule has 0 radical (unpaired) electrons. The quantitative estimate of drug-likeness (QED) is 0.892.